The molecule has 4 nitrogen and oxygen atoms in total. The first-order valence-corrected chi connectivity index (χ1v) is 7.55. The van der Waals surface area contributed by atoms with Crippen LogP contribution in [-0.2, 0) is 0 Å². The van der Waals surface area contributed by atoms with Gasteiger partial charge in [0.2, 0.25) is 5.95 Å². The molecule has 2 aromatic carbocycles. The lowest BCUT2D eigenvalue weighted by Crippen LogP contribution is -2.17. The zero-order valence-electron chi connectivity index (χ0n) is 13.1. The summed E-state index contributed by atoms with van der Waals surface area (Å²) in [6, 6.07) is 15.2. The minimum Gasteiger partial charge on any atom is -0.327 e. The molecule has 122 valence electrons. The molecule has 3 rings (SSSR count). The Labute approximate surface area is 138 Å². The Bertz CT molecular complexity index is 824. The molecule has 1 aromatic heterocycles. The van der Waals surface area contributed by atoms with Gasteiger partial charge in [-0.2, -0.15) is 4.98 Å². The molecule has 0 saturated heterocycles. The van der Waals surface area contributed by atoms with Crippen LogP contribution in [0.25, 0.3) is 0 Å². The van der Waals surface area contributed by atoms with Gasteiger partial charge in [-0.25, -0.2) is 13.8 Å². The minimum atomic E-state index is -0.921. The number of hydrogen-bond acceptors (Lipinski definition) is 4. The van der Waals surface area contributed by atoms with E-state index in [-0.39, 0.29) is 0 Å². The summed E-state index contributed by atoms with van der Waals surface area (Å²) in [6.45, 7) is 2.75. The van der Waals surface area contributed by atoms with E-state index >= 15 is 0 Å². The number of hydrogen-bond donors (Lipinski definition) is 1. The molecule has 0 radical (unpaired) electrons. The SMILES string of the molecule is CCN(c1ccccc1)c1ccnc(Nc2ccc(F)c(F)c2)n1. The highest BCUT2D eigenvalue weighted by Gasteiger charge is 2.10. The Hall–Kier alpha value is -3.02. The van der Waals surface area contributed by atoms with Crippen molar-refractivity contribution in [1.82, 2.24) is 9.97 Å². The molecule has 24 heavy (non-hydrogen) atoms. The van der Waals surface area contributed by atoms with Gasteiger partial charge in [-0.3, -0.25) is 0 Å². The quantitative estimate of drug-likeness (QED) is 0.740. The monoisotopic (exact) mass is 326 g/mol. The number of rotatable bonds is 5. The second-order valence-electron chi connectivity index (χ2n) is 5.07. The molecule has 0 aliphatic rings. The Kier molecular flexibility index (Phi) is 4.65. The first-order chi connectivity index (χ1) is 11.7. The zero-order valence-corrected chi connectivity index (χ0v) is 13.1. The van der Waals surface area contributed by atoms with E-state index in [1.807, 2.05) is 42.2 Å². The number of nitrogens with one attached hydrogen (secondary N) is 1. The van der Waals surface area contributed by atoms with E-state index in [4.69, 9.17) is 0 Å². The summed E-state index contributed by atoms with van der Waals surface area (Å²) in [5.41, 5.74) is 1.39. The molecule has 0 fully saturated rings. The largest absolute Gasteiger partial charge is 0.327 e. The number of anilines is 4. The molecule has 0 bridgehead atoms. The van der Waals surface area contributed by atoms with Gasteiger partial charge >= 0.3 is 0 Å². The van der Waals surface area contributed by atoms with E-state index in [0.29, 0.717) is 17.5 Å². The summed E-state index contributed by atoms with van der Waals surface area (Å²) in [5, 5.41) is 2.89. The van der Waals surface area contributed by atoms with Gasteiger partial charge in [0.05, 0.1) is 0 Å². The van der Waals surface area contributed by atoms with Crippen LogP contribution in [0, 0.1) is 11.6 Å². The van der Waals surface area contributed by atoms with Crippen LogP contribution in [0.5, 0.6) is 0 Å². The van der Waals surface area contributed by atoms with Crippen molar-refractivity contribution in [3.63, 3.8) is 0 Å². The summed E-state index contributed by atoms with van der Waals surface area (Å²) in [5.74, 6) is -0.788. The van der Waals surface area contributed by atoms with Gasteiger partial charge < -0.3 is 10.2 Å². The maximum atomic E-state index is 13.3. The number of benzene rings is 2. The molecular weight excluding hydrogens is 310 g/mol. The van der Waals surface area contributed by atoms with Gasteiger partial charge in [0.25, 0.3) is 0 Å². The van der Waals surface area contributed by atoms with Gasteiger partial charge in [-0.15, -0.1) is 0 Å². The Morgan fingerprint density at radius 3 is 2.50 bits per heavy atom. The van der Waals surface area contributed by atoms with Gasteiger partial charge in [-0.05, 0) is 37.3 Å². The van der Waals surface area contributed by atoms with Gasteiger partial charge in [0.1, 0.15) is 5.82 Å². The van der Waals surface area contributed by atoms with Crippen molar-refractivity contribution >= 4 is 23.1 Å². The van der Waals surface area contributed by atoms with Gasteiger partial charge in [0.15, 0.2) is 11.6 Å². The van der Waals surface area contributed by atoms with Crippen LogP contribution in [0.1, 0.15) is 6.92 Å². The average molecular weight is 326 g/mol. The van der Waals surface area contributed by atoms with E-state index in [1.165, 1.54) is 6.07 Å². The molecule has 0 amide bonds. The second-order valence-corrected chi connectivity index (χ2v) is 5.07. The Balaban J connectivity index is 1.86. The predicted molar refractivity (Wildman–Crippen MR) is 90.8 cm³/mol. The van der Waals surface area contributed by atoms with E-state index in [2.05, 4.69) is 15.3 Å². The normalized spacial score (nSPS) is 10.5. The van der Waals surface area contributed by atoms with Crippen LogP contribution in [0.15, 0.2) is 60.8 Å². The second kappa shape index (κ2) is 7.04. The maximum absolute atomic E-state index is 13.3. The predicted octanol–water partition coefficient (Wildman–Crippen LogP) is 4.66. The van der Waals surface area contributed by atoms with Crippen LogP contribution in [0.2, 0.25) is 0 Å². The summed E-state index contributed by atoms with van der Waals surface area (Å²) in [6.07, 6.45) is 1.62. The van der Waals surface area contributed by atoms with Gasteiger partial charge in [0, 0.05) is 30.2 Å². The molecule has 0 aliphatic heterocycles. The summed E-state index contributed by atoms with van der Waals surface area (Å²) < 4.78 is 26.3. The molecule has 1 N–H and O–H groups in total. The van der Waals surface area contributed by atoms with Crippen LogP contribution >= 0.6 is 0 Å². The highest BCUT2D eigenvalue weighted by atomic mass is 19.2. The van der Waals surface area contributed by atoms with E-state index in [0.717, 1.165) is 24.4 Å². The van der Waals surface area contributed by atoms with Crippen LogP contribution in [-0.4, -0.2) is 16.5 Å². The highest BCUT2D eigenvalue weighted by Crippen LogP contribution is 2.24. The molecule has 3 aromatic rings. The van der Waals surface area contributed by atoms with Crippen LogP contribution in [0.3, 0.4) is 0 Å². The molecule has 0 unspecified atom stereocenters. The fourth-order valence-electron chi connectivity index (χ4n) is 2.35. The number of para-hydroxylation sites is 1. The minimum absolute atomic E-state index is 0.313. The van der Waals surface area contributed by atoms with Crippen LogP contribution in [0.4, 0.5) is 31.9 Å². The van der Waals surface area contributed by atoms with E-state index < -0.39 is 11.6 Å². The van der Waals surface area contributed by atoms with E-state index in [9.17, 15) is 8.78 Å². The summed E-state index contributed by atoms with van der Waals surface area (Å²) >= 11 is 0. The standard InChI is InChI=1S/C18H16F2N4/c1-2-24(14-6-4-3-5-7-14)17-10-11-21-18(23-17)22-13-8-9-15(19)16(20)12-13/h3-12H,2H2,1H3,(H,21,22,23). The summed E-state index contributed by atoms with van der Waals surface area (Å²) in [4.78, 5) is 10.6. The van der Waals surface area contributed by atoms with E-state index in [1.54, 1.807) is 12.3 Å². The Morgan fingerprint density at radius 2 is 1.79 bits per heavy atom. The Morgan fingerprint density at radius 1 is 1.00 bits per heavy atom. The van der Waals surface area contributed by atoms with Crippen molar-refractivity contribution < 1.29 is 8.78 Å². The molecule has 1 heterocycles. The summed E-state index contributed by atoms with van der Waals surface area (Å²) in [7, 11) is 0. The average Bonchev–Trinajstić information content (AvgIpc) is 2.60. The third kappa shape index (κ3) is 3.48. The smallest absolute Gasteiger partial charge is 0.229 e. The highest BCUT2D eigenvalue weighted by molar-refractivity contribution is 5.62. The topological polar surface area (TPSA) is 41.1 Å². The molecule has 0 atom stereocenters. The van der Waals surface area contributed by atoms with Crippen molar-refractivity contribution in [2.45, 2.75) is 6.92 Å². The lowest BCUT2D eigenvalue weighted by Gasteiger charge is -2.22. The van der Waals surface area contributed by atoms with Crippen molar-refractivity contribution in [3.8, 4) is 0 Å². The van der Waals surface area contributed by atoms with Crippen molar-refractivity contribution in [2.75, 3.05) is 16.8 Å². The fraction of sp³-hybridized carbons (Fsp3) is 0.111. The molecule has 6 heteroatoms. The zero-order chi connectivity index (χ0) is 16.9. The maximum Gasteiger partial charge on any atom is 0.229 e. The fourth-order valence-corrected chi connectivity index (χ4v) is 2.35. The number of halogens is 2. The number of nitrogens with zero attached hydrogens (tertiary/aromatic N) is 3. The third-order valence-electron chi connectivity index (χ3n) is 3.48. The third-order valence-corrected chi connectivity index (χ3v) is 3.48. The number of aromatic nitrogens is 2. The first kappa shape index (κ1) is 15.9. The molecule has 0 saturated carbocycles. The lowest BCUT2D eigenvalue weighted by molar-refractivity contribution is 0.509. The molecule has 0 aliphatic carbocycles. The van der Waals surface area contributed by atoms with Gasteiger partial charge in [-0.1, -0.05) is 18.2 Å². The molecular formula is C18H16F2N4. The lowest BCUT2D eigenvalue weighted by atomic mass is 10.3. The van der Waals surface area contributed by atoms with Crippen LogP contribution < -0.4 is 10.2 Å². The van der Waals surface area contributed by atoms with Crippen molar-refractivity contribution in [3.05, 3.63) is 72.4 Å². The van der Waals surface area contributed by atoms with Crippen molar-refractivity contribution in [1.29, 1.82) is 0 Å². The molecule has 0 spiro atoms. The first-order valence-electron chi connectivity index (χ1n) is 7.55. The van der Waals surface area contributed by atoms with Crippen molar-refractivity contribution in [2.24, 2.45) is 0 Å².